The number of nitrogens with zero attached hydrogens (tertiary/aromatic N) is 2. The molecule has 0 unspecified atom stereocenters. The van der Waals surface area contributed by atoms with Gasteiger partial charge in [0, 0.05) is 12.1 Å². The van der Waals surface area contributed by atoms with Crippen molar-refractivity contribution < 1.29 is 33.5 Å². The van der Waals surface area contributed by atoms with Gasteiger partial charge in [-0.15, -0.1) is 0 Å². The summed E-state index contributed by atoms with van der Waals surface area (Å²) in [7, 11) is 2.29. The number of methoxy groups -OCH3 is 2. The number of anilines is 1. The summed E-state index contributed by atoms with van der Waals surface area (Å²) in [6.45, 7) is -0.235. The summed E-state index contributed by atoms with van der Waals surface area (Å²) in [5, 5.41) is 11.8. The van der Waals surface area contributed by atoms with E-state index in [4.69, 9.17) is 18.9 Å². The van der Waals surface area contributed by atoms with Gasteiger partial charge in [0.2, 0.25) is 0 Å². The molecule has 2 aromatic carbocycles. The van der Waals surface area contributed by atoms with E-state index in [0.29, 0.717) is 10.2 Å². The third-order valence-corrected chi connectivity index (χ3v) is 5.21. The van der Waals surface area contributed by atoms with Crippen molar-refractivity contribution in [3.8, 4) is 5.75 Å². The Morgan fingerprint density at radius 3 is 2.47 bits per heavy atom. The van der Waals surface area contributed by atoms with Crippen molar-refractivity contribution >= 4 is 39.2 Å². The Bertz CT molecular complexity index is 1070. The Hall–Kier alpha value is -3.44. The molecule has 0 N–H and O–H groups in total. The molecule has 0 spiro atoms. The monoisotopic (exact) mass is 506 g/mol. The summed E-state index contributed by atoms with van der Waals surface area (Å²) in [4.78, 5) is 37.1. The van der Waals surface area contributed by atoms with Crippen LogP contribution in [0.3, 0.4) is 0 Å². The molecule has 0 saturated heterocycles. The summed E-state index contributed by atoms with van der Waals surface area (Å²) < 4.78 is 21.2. The predicted octanol–water partition coefficient (Wildman–Crippen LogP) is 3.33. The quantitative estimate of drug-likeness (QED) is 0.316. The summed E-state index contributed by atoms with van der Waals surface area (Å²) in [6, 6.07) is 12.0. The molecule has 0 radical (unpaired) electrons. The Kier molecular flexibility index (Phi) is 7.44. The van der Waals surface area contributed by atoms with Gasteiger partial charge in [-0.1, -0.05) is 30.3 Å². The first-order chi connectivity index (χ1) is 15.4. The first-order valence-electron chi connectivity index (χ1n) is 9.27. The molecular weight excluding hydrogens is 488 g/mol. The van der Waals surface area contributed by atoms with Crippen molar-refractivity contribution in [2.75, 3.05) is 32.5 Å². The molecule has 32 heavy (non-hydrogen) atoms. The van der Waals surface area contributed by atoms with Gasteiger partial charge < -0.3 is 23.8 Å². The van der Waals surface area contributed by atoms with Gasteiger partial charge in [-0.3, -0.25) is 10.1 Å². The smallest absolute Gasteiger partial charge is 0.355 e. The molecule has 1 heterocycles. The molecule has 1 aliphatic heterocycles. The number of ether oxygens (including phenoxy) is 4. The van der Waals surface area contributed by atoms with Gasteiger partial charge >= 0.3 is 11.9 Å². The summed E-state index contributed by atoms with van der Waals surface area (Å²) in [5.41, 5.74) is 0.228. The number of carbonyl (C=O) groups excluding carboxylic acids is 2. The number of nitro benzene ring substituents is 1. The van der Waals surface area contributed by atoms with Gasteiger partial charge in [-0.2, -0.15) is 0 Å². The maximum atomic E-state index is 12.5. The van der Waals surface area contributed by atoms with E-state index < -0.39 is 16.9 Å². The van der Waals surface area contributed by atoms with Gasteiger partial charge in [0.1, 0.15) is 30.5 Å². The summed E-state index contributed by atoms with van der Waals surface area (Å²) >= 11 is 3.29. The zero-order chi connectivity index (χ0) is 23.3. The highest BCUT2D eigenvalue weighted by Crippen LogP contribution is 2.41. The molecule has 1 aliphatic rings. The normalized spacial score (nSPS) is 13.5. The van der Waals surface area contributed by atoms with Gasteiger partial charge in [-0.05, 0) is 21.5 Å². The number of esters is 2. The largest absolute Gasteiger partial charge is 0.488 e. The first-order valence-corrected chi connectivity index (χ1v) is 10.1. The maximum Gasteiger partial charge on any atom is 0.355 e. The Morgan fingerprint density at radius 1 is 1.16 bits per heavy atom. The van der Waals surface area contributed by atoms with Crippen LogP contribution in [0.1, 0.15) is 5.56 Å². The fourth-order valence-corrected chi connectivity index (χ4v) is 3.52. The average Bonchev–Trinajstić information content (AvgIpc) is 2.82. The summed E-state index contributed by atoms with van der Waals surface area (Å²) in [6.07, 6.45) is 0. The molecular formula is C21H19BrN2O8. The van der Waals surface area contributed by atoms with Crippen LogP contribution >= 0.6 is 15.9 Å². The van der Waals surface area contributed by atoms with Crippen LogP contribution in [0.5, 0.6) is 5.75 Å². The third kappa shape index (κ3) is 4.89. The van der Waals surface area contributed by atoms with Crippen LogP contribution in [-0.4, -0.2) is 44.4 Å². The lowest BCUT2D eigenvalue weighted by molar-refractivity contribution is -0.384. The van der Waals surface area contributed by atoms with Crippen molar-refractivity contribution in [2.24, 2.45) is 0 Å². The van der Waals surface area contributed by atoms with E-state index in [0.717, 1.165) is 19.8 Å². The molecule has 10 nitrogen and oxygen atoms in total. The molecule has 0 saturated carbocycles. The van der Waals surface area contributed by atoms with Crippen LogP contribution < -0.4 is 9.64 Å². The minimum atomic E-state index is -0.863. The van der Waals surface area contributed by atoms with Crippen LogP contribution in [0.25, 0.3) is 0 Å². The van der Waals surface area contributed by atoms with Crippen molar-refractivity contribution in [3.05, 3.63) is 73.9 Å². The van der Waals surface area contributed by atoms with Gasteiger partial charge in [0.05, 0.1) is 35.8 Å². The number of halogens is 1. The highest BCUT2D eigenvalue weighted by atomic mass is 79.9. The van der Waals surface area contributed by atoms with Gasteiger partial charge in [-0.25, -0.2) is 9.59 Å². The number of hydrogen-bond donors (Lipinski definition) is 0. The molecule has 0 atom stereocenters. The second kappa shape index (κ2) is 10.2. The Labute approximate surface area is 191 Å². The number of carbonyl (C=O) groups is 2. The van der Waals surface area contributed by atoms with E-state index in [-0.39, 0.29) is 42.6 Å². The lowest BCUT2D eigenvalue weighted by Gasteiger charge is -2.31. The molecule has 0 fully saturated rings. The van der Waals surface area contributed by atoms with Crippen LogP contribution in [0.2, 0.25) is 0 Å². The average molecular weight is 507 g/mol. The highest BCUT2D eigenvalue weighted by molar-refractivity contribution is 9.10. The van der Waals surface area contributed by atoms with Crippen LogP contribution in [0.4, 0.5) is 11.4 Å². The zero-order valence-corrected chi connectivity index (χ0v) is 18.8. The first kappa shape index (κ1) is 23.2. The van der Waals surface area contributed by atoms with Crippen LogP contribution in [0, 0.1) is 10.1 Å². The molecule has 0 aliphatic carbocycles. The second-order valence-corrected chi connectivity index (χ2v) is 7.37. The van der Waals surface area contributed by atoms with Crippen molar-refractivity contribution in [2.45, 2.75) is 6.61 Å². The SMILES string of the molecule is COC(=O)C1=C(C(=O)OC)N(c2cc(OCc3ccccc3)c(Br)cc2[N+](=O)[O-])COC1. The molecule has 168 valence electrons. The second-order valence-electron chi connectivity index (χ2n) is 6.52. The fraction of sp³-hybridized carbons (Fsp3) is 0.238. The molecule has 3 rings (SSSR count). The van der Waals surface area contributed by atoms with Gasteiger partial charge in [0.25, 0.3) is 5.69 Å². The number of benzene rings is 2. The lowest BCUT2D eigenvalue weighted by atomic mass is 10.1. The standard InChI is InChI=1S/C21H19BrN2O8/c1-29-20(25)14-11-31-12-23(19(14)21(26)30-2)16-9-18(15(22)8-17(16)24(27)28)32-10-13-6-4-3-5-7-13/h3-9H,10-12H2,1-2H3. The van der Waals surface area contributed by atoms with E-state index >= 15 is 0 Å². The Balaban J connectivity index is 2.10. The molecule has 0 bridgehead atoms. The molecule has 0 amide bonds. The summed E-state index contributed by atoms with van der Waals surface area (Å²) in [5.74, 6) is -1.38. The molecule has 0 aromatic heterocycles. The minimum Gasteiger partial charge on any atom is -0.488 e. The lowest BCUT2D eigenvalue weighted by Crippen LogP contribution is -2.39. The topological polar surface area (TPSA) is 117 Å². The Morgan fingerprint density at radius 2 is 1.84 bits per heavy atom. The minimum absolute atomic E-state index is 0.0113. The highest BCUT2D eigenvalue weighted by Gasteiger charge is 2.36. The van der Waals surface area contributed by atoms with Gasteiger partial charge in [0.15, 0.2) is 0 Å². The van der Waals surface area contributed by atoms with Crippen molar-refractivity contribution in [1.82, 2.24) is 0 Å². The maximum absolute atomic E-state index is 12.5. The van der Waals surface area contributed by atoms with Crippen molar-refractivity contribution in [3.63, 3.8) is 0 Å². The van der Waals surface area contributed by atoms with Crippen LogP contribution in [0.15, 0.2) is 58.2 Å². The third-order valence-electron chi connectivity index (χ3n) is 4.59. The van der Waals surface area contributed by atoms with E-state index in [9.17, 15) is 19.7 Å². The number of hydrogen-bond acceptors (Lipinski definition) is 9. The number of rotatable bonds is 7. The van der Waals surface area contributed by atoms with E-state index in [2.05, 4.69) is 15.9 Å². The van der Waals surface area contributed by atoms with E-state index in [1.807, 2.05) is 30.3 Å². The molecule has 2 aromatic rings. The van der Waals surface area contributed by atoms with E-state index in [1.54, 1.807) is 0 Å². The molecule has 11 heteroatoms. The number of nitro groups is 1. The van der Waals surface area contributed by atoms with E-state index in [1.165, 1.54) is 17.0 Å². The van der Waals surface area contributed by atoms with Crippen molar-refractivity contribution in [1.29, 1.82) is 0 Å². The zero-order valence-electron chi connectivity index (χ0n) is 17.2. The predicted molar refractivity (Wildman–Crippen MR) is 116 cm³/mol. The van der Waals surface area contributed by atoms with Crippen LogP contribution in [-0.2, 0) is 30.4 Å². The fourth-order valence-electron chi connectivity index (χ4n) is 3.07.